The summed E-state index contributed by atoms with van der Waals surface area (Å²) in [4.78, 5) is 15.9. The van der Waals surface area contributed by atoms with E-state index in [1.165, 1.54) is 0 Å². The van der Waals surface area contributed by atoms with Crippen molar-refractivity contribution in [3.63, 3.8) is 0 Å². The first-order valence-corrected chi connectivity index (χ1v) is 6.67. The minimum absolute atomic E-state index is 0.132. The summed E-state index contributed by atoms with van der Waals surface area (Å²) in [6.45, 7) is 0. The zero-order valence-corrected chi connectivity index (χ0v) is 11.9. The van der Waals surface area contributed by atoms with Crippen molar-refractivity contribution < 1.29 is 4.79 Å². The van der Waals surface area contributed by atoms with Gasteiger partial charge in [0, 0.05) is 34.7 Å². The molecule has 0 fully saturated rings. The van der Waals surface area contributed by atoms with Gasteiger partial charge in [-0.1, -0.05) is 39.7 Å². The fourth-order valence-corrected chi connectivity index (χ4v) is 2.41. The summed E-state index contributed by atoms with van der Waals surface area (Å²) in [6, 6.07) is 9.28. The molecule has 18 heavy (non-hydrogen) atoms. The number of ketones is 1. The van der Waals surface area contributed by atoms with Crippen LogP contribution in [-0.2, 0) is 17.6 Å². The lowest BCUT2D eigenvalue weighted by atomic mass is 10.0. The molecule has 0 spiro atoms. The first-order valence-electron chi connectivity index (χ1n) is 5.49. The largest absolute Gasteiger partial charge is 0.299 e. The highest BCUT2D eigenvalue weighted by Gasteiger charge is 2.08. The molecule has 0 N–H and O–H groups in total. The highest BCUT2D eigenvalue weighted by Crippen LogP contribution is 2.22. The van der Waals surface area contributed by atoms with Gasteiger partial charge in [0.05, 0.1) is 0 Å². The fourth-order valence-electron chi connectivity index (χ4n) is 1.67. The van der Waals surface area contributed by atoms with E-state index in [1.54, 1.807) is 18.5 Å². The van der Waals surface area contributed by atoms with Crippen LogP contribution in [0.2, 0.25) is 5.02 Å². The summed E-state index contributed by atoms with van der Waals surface area (Å²) in [5.74, 6) is 0.132. The molecule has 2 rings (SSSR count). The predicted octanol–water partition coefficient (Wildman–Crippen LogP) is 3.85. The number of rotatable bonds is 4. The van der Waals surface area contributed by atoms with E-state index < -0.39 is 0 Å². The molecular weight excluding hydrogens is 314 g/mol. The molecule has 0 atom stereocenters. The summed E-state index contributed by atoms with van der Waals surface area (Å²) in [5, 5.41) is 0.615. The number of pyridine rings is 1. The van der Waals surface area contributed by atoms with Crippen molar-refractivity contribution in [2.45, 2.75) is 12.8 Å². The maximum Gasteiger partial charge on any atom is 0.141 e. The SMILES string of the molecule is O=C(Cc1cccnc1)Cc1ccc(Br)cc1Cl. The van der Waals surface area contributed by atoms with E-state index in [9.17, 15) is 4.79 Å². The van der Waals surface area contributed by atoms with E-state index in [0.29, 0.717) is 17.9 Å². The number of carbonyl (C=O) groups excluding carboxylic acids is 1. The zero-order chi connectivity index (χ0) is 13.0. The van der Waals surface area contributed by atoms with Crippen molar-refractivity contribution in [1.29, 1.82) is 0 Å². The average Bonchev–Trinajstić information content (AvgIpc) is 2.34. The Morgan fingerprint density at radius 3 is 2.78 bits per heavy atom. The Kier molecular flexibility index (Phi) is 4.50. The lowest BCUT2D eigenvalue weighted by Crippen LogP contribution is -2.07. The van der Waals surface area contributed by atoms with Gasteiger partial charge in [-0.25, -0.2) is 0 Å². The molecule has 0 aliphatic carbocycles. The second kappa shape index (κ2) is 6.12. The lowest BCUT2D eigenvalue weighted by molar-refractivity contribution is -0.117. The molecule has 0 saturated carbocycles. The predicted molar refractivity (Wildman–Crippen MR) is 75.8 cm³/mol. The van der Waals surface area contributed by atoms with Crippen molar-refractivity contribution in [2.75, 3.05) is 0 Å². The molecule has 0 bridgehead atoms. The summed E-state index contributed by atoms with van der Waals surface area (Å²) in [7, 11) is 0. The number of aromatic nitrogens is 1. The minimum Gasteiger partial charge on any atom is -0.299 e. The summed E-state index contributed by atoms with van der Waals surface area (Å²) in [5.41, 5.74) is 1.78. The molecule has 92 valence electrons. The van der Waals surface area contributed by atoms with Gasteiger partial charge in [0.2, 0.25) is 0 Å². The van der Waals surface area contributed by atoms with Gasteiger partial charge in [0.1, 0.15) is 5.78 Å². The number of halogens is 2. The Hall–Kier alpha value is -1.19. The highest BCUT2D eigenvalue weighted by molar-refractivity contribution is 9.10. The van der Waals surface area contributed by atoms with E-state index >= 15 is 0 Å². The van der Waals surface area contributed by atoms with Crippen LogP contribution >= 0.6 is 27.5 Å². The molecule has 0 aliphatic heterocycles. The minimum atomic E-state index is 0.132. The van der Waals surface area contributed by atoms with Gasteiger partial charge in [0.15, 0.2) is 0 Å². The van der Waals surface area contributed by atoms with Crippen molar-refractivity contribution >= 4 is 33.3 Å². The van der Waals surface area contributed by atoms with Gasteiger partial charge in [0.25, 0.3) is 0 Å². The number of hydrogen-bond donors (Lipinski definition) is 0. The van der Waals surface area contributed by atoms with Crippen LogP contribution in [0.3, 0.4) is 0 Å². The summed E-state index contributed by atoms with van der Waals surface area (Å²) < 4.78 is 0.913. The van der Waals surface area contributed by atoms with E-state index in [4.69, 9.17) is 11.6 Å². The Bertz CT molecular complexity index is 557. The van der Waals surface area contributed by atoms with Gasteiger partial charge >= 0.3 is 0 Å². The second-order valence-corrected chi connectivity index (χ2v) is 5.31. The molecule has 1 heterocycles. The molecule has 0 radical (unpaired) electrons. The van der Waals surface area contributed by atoms with Gasteiger partial charge < -0.3 is 0 Å². The lowest BCUT2D eigenvalue weighted by Gasteiger charge is -2.04. The van der Waals surface area contributed by atoms with Crippen molar-refractivity contribution in [2.24, 2.45) is 0 Å². The molecule has 0 saturated heterocycles. The van der Waals surface area contributed by atoms with Gasteiger partial charge in [-0.15, -0.1) is 0 Å². The van der Waals surface area contributed by atoms with E-state index in [-0.39, 0.29) is 5.78 Å². The van der Waals surface area contributed by atoms with E-state index in [0.717, 1.165) is 15.6 Å². The van der Waals surface area contributed by atoms with Crippen LogP contribution in [0.25, 0.3) is 0 Å². The first-order chi connectivity index (χ1) is 8.65. The highest BCUT2D eigenvalue weighted by atomic mass is 79.9. The molecular formula is C14H11BrClNO. The van der Waals surface area contributed by atoms with E-state index in [1.807, 2.05) is 24.3 Å². The molecule has 0 amide bonds. The molecule has 1 aromatic heterocycles. The Morgan fingerprint density at radius 2 is 2.11 bits per heavy atom. The third-order valence-corrected chi connectivity index (χ3v) is 3.37. The topological polar surface area (TPSA) is 30.0 Å². The number of hydrogen-bond acceptors (Lipinski definition) is 2. The van der Waals surface area contributed by atoms with Crippen molar-refractivity contribution in [1.82, 2.24) is 4.98 Å². The van der Waals surface area contributed by atoms with Crippen LogP contribution in [0.1, 0.15) is 11.1 Å². The standard InChI is InChI=1S/C14H11BrClNO/c15-12-4-3-11(14(16)8-12)7-13(18)6-10-2-1-5-17-9-10/h1-5,8-9H,6-7H2. The number of carbonyl (C=O) groups is 1. The summed E-state index contributed by atoms with van der Waals surface area (Å²) >= 11 is 9.42. The maximum atomic E-state index is 11.9. The molecule has 4 heteroatoms. The van der Waals surface area contributed by atoms with Crippen LogP contribution in [0.5, 0.6) is 0 Å². The molecule has 1 aromatic carbocycles. The van der Waals surface area contributed by atoms with Crippen molar-refractivity contribution in [3.8, 4) is 0 Å². The van der Waals surface area contributed by atoms with Crippen LogP contribution in [0.15, 0.2) is 47.2 Å². The summed E-state index contributed by atoms with van der Waals surface area (Å²) in [6.07, 6.45) is 4.14. The third kappa shape index (κ3) is 3.65. The van der Waals surface area contributed by atoms with E-state index in [2.05, 4.69) is 20.9 Å². The monoisotopic (exact) mass is 323 g/mol. The second-order valence-electron chi connectivity index (χ2n) is 3.99. The van der Waals surface area contributed by atoms with Gasteiger partial charge in [-0.05, 0) is 29.3 Å². The van der Waals surface area contributed by atoms with Crippen molar-refractivity contribution in [3.05, 3.63) is 63.3 Å². The normalized spacial score (nSPS) is 10.3. The molecule has 2 nitrogen and oxygen atoms in total. The van der Waals surface area contributed by atoms with Gasteiger partial charge in [-0.3, -0.25) is 9.78 Å². The Balaban J connectivity index is 2.03. The smallest absolute Gasteiger partial charge is 0.141 e. The van der Waals surface area contributed by atoms with Crippen LogP contribution in [-0.4, -0.2) is 10.8 Å². The number of Topliss-reactive ketones (excluding diaryl/α,β-unsaturated/α-hetero) is 1. The third-order valence-electron chi connectivity index (χ3n) is 2.53. The van der Waals surface area contributed by atoms with Crippen LogP contribution in [0, 0.1) is 0 Å². The number of nitrogens with zero attached hydrogens (tertiary/aromatic N) is 1. The van der Waals surface area contributed by atoms with Crippen LogP contribution in [0.4, 0.5) is 0 Å². The number of benzene rings is 1. The fraction of sp³-hybridized carbons (Fsp3) is 0.143. The first kappa shape index (κ1) is 13.2. The Labute approximate surface area is 119 Å². The zero-order valence-electron chi connectivity index (χ0n) is 9.57. The molecule has 0 aliphatic rings. The molecule has 2 aromatic rings. The van der Waals surface area contributed by atoms with Gasteiger partial charge in [-0.2, -0.15) is 0 Å². The molecule has 0 unspecified atom stereocenters. The quantitative estimate of drug-likeness (QED) is 0.855. The average molecular weight is 325 g/mol. The van der Waals surface area contributed by atoms with Crippen LogP contribution < -0.4 is 0 Å². The Morgan fingerprint density at radius 1 is 1.28 bits per heavy atom. The maximum absolute atomic E-state index is 11.9.